The number of nitrogens with one attached hydrogen (secondary N) is 2. The molecule has 36 heavy (non-hydrogen) atoms. The second-order valence-corrected chi connectivity index (χ2v) is 8.07. The number of carbonyl (C=O) groups is 2. The minimum atomic E-state index is -4.53. The Kier molecular flexibility index (Phi) is 7.25. The first-order valence-electron chi connectivity index (χ1n) is 11.0. The molecule has 1 saturated heterocycles. The number of anilines is 1. The molecule has 2 N–H and O–H groups in total. The minimum Gasteiger partial charge on any atom is -0.465 e. The largest absolute Gasteiger partial charge is 0.465 e. The van der Waals surface area contributed by atoms with E-state index in [1.165, 1.54) is 48.7 Å². The summed E-state index contributed by atoms with van der Waals surface area (Å²) >= 11 is 0. The zero-order valence-corrected chi connectivity index (χ0v) is 19.3. The predicted molar refractivity (Wildman–Crippen MR) is 124 cm³/mol. The fourth-order valence-corrected chi connectivity index (χ4v) is 3.84. The first kappa shape index (κ1) is 25.2. The van der Waals surface area contributed by atoms with Gasteiger partial charge in [0, 0.05) is 48.1 Å². The fraction of sp³-hybridized carbons (Fsp3) is 0.333. The highest BCUT2D eigenvalue weighted by Gasteiger charge is 2.28. The summed E-state index contributed by atoms with van der Waals surface area (Å²) in [5.41, 5.74) is 0.516. The van der Waals surface area contributed by atoms with Crippen molar-refractivity contribution >= 4 is 34.2 Å². The highest BCUT2D eigenvalue weighted by atomic mass is 19.4. The van der Waals surface area contributed by atoms with Gasteiger partial charge in [0.25, 0.3) is 5.91 Å². The van der Waals surface area contributed by atoms with Crippen molar-refractivity contribution in [3.8, 4) is 0 Å². The number of carbonyl (C=O) groups excluding carboxylic acids is 2. The minimum absolute atomic E-state index is 0.0289. The van der Waals surface area contributed by atoms with E-state index < -0.39 is 24.6 Å². The molecule has 0 unspecified atom stereocenters. The topological polar surface area (TPSA) is 118 Å². The maximum atomic E-state index is 13.0. The van der Waals surface area contributed by atoms with Gasteiger partial charge in [-0.15, -0.1) is 0 Å². The number of rotatable bonds is 6. The first-order valence-corrected chi connectivity index (χ1v) is 11.0. The Morgan fingerprint density at radius 2 is 2.00 bits per heavy atom. The maximum absolute atomic E-state index is 13.0. The van der Waals surface area contributed by atoms with E-state index in [0.717, 1.165) is 0 Å². The molecule has 1 aliphatic rings. The summed E-state index contributed by atoms with van der Waals surface area (Å²) in [4.78, 5) is 30.6. The lowest BCUT2D eigenvalue weighted by Crippen LogP contribution is -2.34. The second kappa shape index (κ2) is 10.4. The highest BCUT2D eigenvalue weighted by Crippen LogP contribution is 2.29. The Balaban J connectivity index is 1.72. The number of furan rings is 1. The lowest BCUT2D eigenvalue weighted by Gasteiger charge is -2.20. The molecule has 3 heterocycles. The third-order valence-electron chi connectivity index (χ3n) is 5.65. The highest BCUT2D eigenvalue weighted by molar-refractivity contribution is 6.20. The summed E-state index contributed by atoms with van der Waals surface area (Å²) in [7, 11) is 1.23. The number of hydrogen-bond donors (Lipinski definition) is 2. The van der Waals surface area contributed by atoms with Crippen LogP contribution in [0.5, 0.6) is 0 Å². The summed E-state index contributed by atoms with van der Waals surface area (Å²) < 4.78 is 54.6. The number of amides is 1. The summed E-state index contributed by atoms with van der Waals surface area (Å²) in [5, 5.41) is 11.4. The van der Waals surface area contributed by atoms with Gasteiger partial charge in [-0.3, -0.25) is 15.2 Å². The maximum Gasteiger partial charge on any atom is 0.405 e. The zero-order chi connectivity index (χ0) is 25.9. The Bertz CT molecular complexity index is 1300. The van der Waals surface area contributed by atoms with Crippen LogP contribution in [0.4, 0.5) is 18.9 Å². The van der Waals surface area contributed by atoms with E-state index in [-0.39, 0.29) is 33.8 Å². The molecule has 2 aromatic heterocycles. The van der Waals surface area contributed by atoms with E-state index in [9.17, 15) is 22.8 Å². The number of methoxy groups -OCH3 is 1. The second-order valence-electron chi connectivity index (χ2n) is 8.07. The molecule has 1 amide bonds. The van der Waals surface area contributed by atoms with Crippen molar-refractivity contribution in [3.63, 3.8) is 0 Å². The molecular formula is C24H23F3N4O5. The lowest BCUT2D eigenvalue weighted by atomic mass is 10.00. The normalized spacial score (nSPS) is 14.4. The van der Waals surface area contributed by atoms with Gasteiger partial charge in [0.2, 0.25) is 0 Å². The summed E-state index contributed by atoms with van der Waals surface area (Å²) in [6, 6.07) is 5.72. The Morgan fingerprint density at radius 3 is 2.75 bits per heavy atom. The number of pyridine rings is 1. The van der Waals surface area contributed by atoms with E-state index in [1.54, 1.807) is 0 Å². The standard InChI is InChI=1S/C24H23F3N4O5/c1-34-23(33)14-3-4-20-15(9-14)17(12-36-20)21(28)16-11-29-19(10-18(16)30-13-24(25,26)27)22(32)31-5-2-7-35-8-6-31/h3-4,9-12,28H,2,5-8,13H2,1H3,(H,29,30). The lowest BCUT2D eigenvalue weighted by molar-refractivity contribution is -0.115. The van der Waals surface area contributed by atoms with Gasteiger partial charge >= 0.3 is 12.1 Å². The molecule has 0 aliphatic carbocycles. The smallest absolute Gasteiger partial charge is 0.405 e. The molecule has 9 nitrogen and oxygen atoms in total. The predicted octanol–water partition coefficient (Wildman–Crippen LogP) is 3.87. The van der Waals surface area contributed by atoms with Gasteiger partial charge < -0.3 is 24.1 Å². The van der Waals surface area contributed by atoms with Crippen LogP contribution in [0.25, 0.3) is 11.0 Å². The van der Waals surface area contributed by atoms with Crippen LogP contribution in [0, 0.1) is 5.41 Å². The van der Waals surface area contributed by atoms with Crippen LogP contribution in [0.1, 0.15) is 38.4 Å². The van der Waals surface area contributed by atoms with Crippen molar-refractivity contribution in [2.45, 2.75) is 12.6 Å². The monoisotopic (exact) mass is 504 g/mol. The van der Waals surface area contributed by atoms with Crippen LogP contribution in [-0.4, -0.2) is 73.6 Å². The van der Waals surface area contributed by atoms with E-state index in [0.29, 0.717) is 43.7 Å². The molecule has 3 aromatic rings. The molecule has 190 valence electrons. The van der Waals surface area contributed by atoms with Crippen LogP contribution in [0.2, 0.25) is 0 Å². The third-order valence-corrected chi connectivity index (χ3v) is 5.65. The Hall–Kier alpha value is -3.93. The number of benzene rings is 1. The Morgan fingerprint density at radius 1 is 1.19 bits per heavy atom. The number of esters is 1. The number of aromatic nitrogens is 1. The molecule has 0 bridgehead atoms. The number of alkyl halides is 3. The number of hydrogen-bond acceptors (Lipinski definition) is 8. The molecule has 1 aliphatic heterocycles. The Labute approximate surface area is 203 Å². The van der Waals surface area contributed by atoms with Crippen LogP contribution in [0.15, 0.2) is 41.1 Å². The van der Waals surface area contributed by atoms with Crippen molar-refractivity contribution in [2.24, 2.45) is 0 Å². The fourth-order valence-electron chi connectivity index (χ4n) is 3.84. The summed E-state index contributed by atoms with van der Waals surface area (Å²) in [5.74, 6) is -1.03. The molecule has 12 heteroatoms. The summed E-state index contributed by atoms with van der Waals surface area (Å²) in [6.45, 7) is 0.276. The van der Waals surface area contributed by atoms with Gasteiger partial charge in [0.05, 0.1) is 25.0 Å². The molecule has 0 spiro atoms. The molecule has 1 fully saturated rings. The van der Waals surface area contributed by atoms with Gasteiger partial charge in [-0.2, -0.15) is 13.2 Å². The molecule has 1 aromatic carbocycles. The van der Waals surface area contributed by atoms with E-state index in [4.69, 9.17) is 19.3 Å². The molecular weight excluding hydrogens is 481 g/mol. The number of fused-ring (bicyclic) bond motifs is 1. The van der Waals surface area contributed by atoms with Crippen LogP contribution in [0.3, 0.4) is 0 Å². The molecule has 4 rings (SSSR count). The zero-order valence-electron chi connectivity index (χ0n) is 19.3. The molecule has 0 radical (unpaired) electrons. The van der Waals surface area contributed by atoms with Crippen molar-refractivity contribution in [2.75, 3.05) is 45.3 Å². The van der Waals surface area contributed by atoms with E-state index in [2.05, 4.69) is 10.3 Å². The van der Waals surface area contributed by atoms with E-state index >= 15 is 0 Å². The van der Waals surface area contributed by atoms with Gasteiger partial charge in [-0.1, -0.05) is 0 Å². The van der Waals surface area contributed by atoms with Gasteiger partial charge in [-0.05, 0) is 30.7 Å². The van der Waals surface area contributed by atoms with Crippen molar-refractivity contribution in [1.29, 1.82) is 5.41 Å². The van der Waals surface area contributed by atoms with Crippen molar-refractivity contribution in [3.05, 3.63) is 59.1 Å². The van der Waals surface area contributed by atoms with Crippen LogP contribution in [-0.2, 0) is 9.47 Å². The third kappa shape index (κ3) is 5.48. The average Bonchev–Trinajstić information content (AvgIpc) is 3.09. The van der Waals surface area contributed by atoms with Crippen LogP contribution < -0.4 is 5.32 Å². The number of ether oxygens (including phenoxy) is 2. The number of nitrogens with zero attached hydrogens (tertiary/aromatic N) is 2. The average molecular weight is 504 g/mol. The summed E-state index contributed by atoms with van der Waals surface area (Å²) in [6.07, 6.45) is -1.44. The van der Waals surface area contributed by atoms with E-state index in [1.807, 2.05) is 0 Å². The quantitative estimate of drug-likeness (QED) is 0.387. The first-order chi connectivity index (χ1) is 17.2. The molecule has 0 saturated carbocycles. The van der Waals surface area contributed by atoms with Crippen LogP contribution >= 0.6 is 0 Å². The van der Waals surface area contributed by atoms with Gasteiger partial charge in [-0.25, -0.2) is 4.79 Å². The van der Waals surface area contributed by atoms with Crippen molar-refractivity contribution < 1.29 is 36.7 Å². The SMILES string of the molecule is COC(=O)c1ccc2occ(C(=N)c3cnc(C(=O)N4CCCOCC4)cc3NCC(F)(F)F)c2c1. The van der Waals surface area contributed by atoms with Crippen molar-refractivity contribution in [1.82, 2.24) is 9.88 Å². The van der Waals surface area contributed by atoms with Gasteiger partial charge in [0.15, 0.2) is 0 Å². The number of halogens is 3. The van der Waals surface area contributed by atoms with Gasteiger partial charge in [0.1, 0.15) is 24.1 Å². The molecule has 0 atom stereocenters.